The van der Waals surface area contributed by atoms with Crippen LogP contribution < -0.4 is 17.0 Å². The Kier molecular flexibility index (Phi) is 8.54. The summed E-state index contributed by atoms with van der Waals surface area (Å²) in [7, 11) is 4.86. The van der Waals surface area contributed by atoms with Crippen molar-refractivity contribution < 1.29 is 21.5 Å². The minimum Gasteiger partial charge on any atom is -1.00 e. The fraction of sp³-hybridized carbons (Fsp3) is 0.882. The molecule has 0 heterocycles. The summed E-state index contributed by atoms with van der Waals surface area (Å²) in [6, 6.07) is 1.45. The zero-order valence-corrected chi connectivity index (χ0v) is 15.2. The van der Waals surface area contributed by atoms with Crippen molar-refractivity contribution in [3.63, 3.8) is 0 Å². The summed E-state index contributed by atoms with van der Waals surface area (Å²) in [5.74, 6) is 1.52. The van der Waals surface area contributed by atoms with Gasteiger partial charge in [0.05, 0.1) is 20.1 Å². The third-order valence-electron chi connectivity index (χ3n) is 4.95. The van der Waals surface area contributed by atoms with Crippen molar-refractivity contribution in [3.8, 4) is 0 Å². The minimum absolute atomic E-state index is 0. The molecule has 0 aromatic heterocycles. The Morgan fingerprint density at radius 1 is 1.11 bits per heavy atom. The maximum atomic E-state index is 4.13. The SMILES string of the molecule is C=CC(C(C)CC(C)C)[N+](C)(C)C1CCCCC1.[Br-]. The number of halogens is 1. The van der Waals surface area contributed by atoms with Crippen molar-refractivity contribution >= 4 is 0 Å². The largest absolute Gasteiger partial charge is 1.00 e. The van der Waals surface area contributed by atoms with Crippen LogP contribution in [-0.4, -0.2) is 30.7 Å². The van der Waals surface area contributed by atoms with E-state index in [2.05, 4.69) is 47.5 Å². The van der Waals surface area contributed by atoms with Gasteiger partial charge in [0.1, 0.15) is 6.04 Å². The number of quaternary nitrogens is 1. The van der Waals surface area contributed by atoms with Crippen LogP contribution in [0.5, 0.6) is 0 Å². The summed E-state index contributed by atoms with van der Waals surface area (Å²) >= 11 is 0. The molecule has 0 amide bonds. The van der Waals surface area contributed by atoms with E-state index in [-0.39, 0.29) is 17.0 Å². The Morgan fingerprint density at radius 2 is 1.63 bits per heavy atom. The quantitative estimate of drug-likeness (QED) is 0.512. The Labute approximate surface area is 131 Å². The molecule has 0 saturated heterocycles. The second-order valence-electron chi connectivity index (χ2n) is 7.25. The van der Waals surface area contributed by atoms with Crippen molar-refractivity contribution in [2.24, 2.45) is 11.8 Å². The van der Waals surface area contributed by atoms with E-state index >= 15 is 0 Å². The summed E-state index contributed by atoms with van der Waals surface area (Å²) in [4.78, 5) is 0. The van der Waals surface area contributed by atoms with Crippen LogP contribution >= 0.6 is 0 Å². The fourth-order valence-electron chi connectivity index (χ4n) is 4.03. The molecule has 2 unspecified atom stereocenters. The summed E-state index contributed by atoms with van der Waals surface area (Å²) in [5, 5.41) is 0. The standard InChI is InChI=1S/C17H34N.BrH/c1-7-17(15(4)13-14(2)3)18(5,6)16-11-9-8-10-12-16;/h7,14-17H,1,8-13H2,2-6H3;1H/q+1;/p-1. The number of hydrogen-bond acceptors (Lipinski definition) is 0. The first-order valence-corrected chi connectivity index (χ1v) is 7.85. The Hall–Kier alpha value is 0.180. The maximum Gasteiger partial charge on any atom is 0.110 e. The average molecular weight is 332 g/mol. The molecule has 114 valence electrons. The van der Waals surface area contributed by atoms with E-state index < -0.39 is 0 Å². The molecule has 0 aromatic carbocycles. The first-order chi connectivity index (χ1) is 8.39. The van der Waals surface area contributed by atoms with Crippen molar-refractivity contribution in [1.29, 1.82) is 0 Å². The van der Waals surface area contributed by atoms with Gasteiger partial charge in [-0.2, -0.15) is 0 Å². The predicted molar refractivity (Wildman–Crippen MR) is 81.6 cm³/mol. The highest BCUT2D eigenvalue weighted by molar-refractivity contribution is 4.86. The lowest BCUT2D eigenvalue weighted by atomic mass is 9.86. The molecule has 0 bridgehead atoms. The predicted octanol–water partition coefficient (Wildman–Crippen LogP) is 1.64. The zero-order chi connectivity index (χ0) is 13.8. The maximum absolute atomic E-state index is 4.13. The highest BCUT2D eigenvalue weighted by atomic mass is 79.9. The number of rotatable bonds is 6. The van der Waals surface area contributed by atoms with Gasteiger partial charge in [-0.15, -0.1) is 0 Å². The van der Waals surface area contributed by atoms with E-state index in [9.17, 15) is 0 Å². The molecule has 19 heavy (non-hydrogen) atoms. The van der Waals surface area contributed by atoms with Gasteiger partial charge in [-0.3, -0.25) is 0 Å². The molecule has 0 radical (unpaired) electrons. The van der Waals surface area contributed by atoms with E-state index in [1.165, 1.54) is 38.5 Å². The monoisotopic (exact) mass is 331 g/mol. The third kappa shape index (κ3) is 5.23. The van der Waals surface area contributed by atoms with Gasteiger partial charge in [0.15, 0.2) is 0 Å². The molecule has 0 spiro atoms. The molecule has 0 aliphatic heterocycles. The molecule has 1 nitrogen and oxygen atoms in total. The molecule has 1 saturated carbocycles. The first kappa shape index (κ1) is 19.2. The normalized spacial score (nSPS) is 20.7. The van der Waals surface area contributed by atoms with E-state index in [1.807, 2.05) is 0 Å². The van der Waals surface area contributed by atoms with E-state index in [1.54, 1.807) is 0 Å². The van der Waals surface area contributed by atoms with Crippen molar-refractivity contribution in [3.05, 3.63) is 12.7 Å². The molecule has 1 aliphatic rings. The highest BCUT2D eigenvalue weighted by Gasteiger charge is 2.38. The van der Waals surface area contributed by atoms with Crippen molar-refractivity contribution in [2.45, 2.75) is 71.4 Å². The van der Waals surface area contributed by atoms with Gasteiger partial charge in [0, 0.05) is 5.92 Å². The van der Waals surface area contributed by atoms with Gasteiger partial charge >= 0.3 is 0 Å². The number of nitrogens with zero attached hydrogens (tertiary/aromatic N) is 1. The van der Waals surface area contributed by atoms with Gasteiger partial charge in [0.2, 0.25) is 0 Å². The summed E-state index contributed by atoms with van der Waals surface area (Å²) in [6.45, 7) is 11.2. The molecule has 0 N–H and O–H groups in total. The van der Waals surface area contributed by atoms with E-state index in [4.69, 9.17) is 0 Å². The first-order valence-electron chi connectivity index (χ1n) is 7.85. The second-order valence-corrected chi connectivity index (χ2v) is 7.25. The zero-order valence-electron chi connectivity index (χ0n) is 13.7. The van der Waals surface area contributed by atoms with E-state index in [0.29, 0.717) is 6.04 Å². The van der Waals surface area contributed by atoms with Crippen LogP contribution in [0.15, 0.2) is 12.7 Å². The Morgan fingerprint density at radius 3 is 2.05 bits per heavy atom. The lowest BCUT2D eigenvalue weighted by Crippen LogP contribution is -3.00. The van der Waals surface area contributed by atoms with Gasteiger partial charge < -0.3 is 21.5 Å². The third-order valence-corrected chi connectivity index (χ3v) is 4.95. The van der Waals surface area contributed by atoms with Crippen LogP contribution in [0.2, 0.25) is 0 Å². The van der Waals surface area contributed by atoms with Gasteiger partial charge in [-0.1, -0.05) is 33.8 Å². The number of hydrogen-bond donors (Lipinski definition) is 0. The van der Waals surface area contributed by atoms with Crippen molar-refractivity contribution in [1.82, 2.24) is 0 Å². The molecule has 1 rings (SSSR count). The molecule has 1 fully saturated rings. The van der Waals surface area contributed by atoms with Gasteiger partial charge in [-0.25, -0.2) is 0 Å². The summed E-state index contributed by atoms with van der Waals surface area (Å²) in [6.07, 6.45) is 10.6. The number of likely N-dealkylation sites (N-methyl/N-ethyl adjacent to an activating group) is 1. The Bertz CT molecular complexity index is 254. The van der Waals surface area contributed by atoms with Crippen LogP contribution in [0.3, 0.4) is 0 Å². The smallest absolute Gasteiger partial charge is 0.110 e. The second kappa shape index (κ2) is 8.46. The minimum atomic E-state index is 0. The van der Waals surface area contributed by atoms with Gasteiger partial charge in [-0.05, 0) is 44.1 Å². The molecule has 2 heteroatoms. The van der Waals surface area contributed by atoms with Crippen LogP contribution in [0.25, 0.3) is 0 Å². The lowest BCUT2D eigenvalue weighted by molar-refractivity contribution is -0.937. The molecular weight excluding hydrogens is 298 g/mol. The molecular formula is C17H34BrN. The highest BCUT2D eigenvalue weighted by Crippen LogP contribution is 2.32. The summed E-state index contributed by atoms with van der Waals surface area (Å²) in [5.41, 5.74) is 0. The van der Waals surface area contributed by atoms with Crippen LogP contribution in [-0.2, 0) is 0 Å². The van der Waals surface area contributed by atoms with Crippen LogP contribution in [0, 0.1) is 11.8 Å². The van der Waals surface area contributed by atoms with Gasteiger partial charge in [0.25, 0.3) is 0 Å². The summed E-state index contributed by atoms with van der Waals surface area (Å²) < 4.78 is 1.15. The fourth-order valence-corrected chi connectivity index (χ4v) is 4.03. The Balaban J connectivity index is 0.00000324. The average Bonchev–Trinajstić information content (AvgIpc) is 2.29. The topological polar surface area (TPSA) is 0 Å². The van der Waals surface area contributed by atoms with E-state index in [0.717, 1.165) is 22.4 Å². The van der Waals surface area contributed by atoms with Crippen LogP contribution in [0.1, 0.15) is 59.3 Å². The lowest BCUT2D eigenvalue weighted by Gasteiger charge is -2.47. The van der Waals surface area contributed by atoms with Crippen LogP contribution in [0.4, 0.5) is 0 Å². The molecule has 2 atom stereocenters. The molecule has 1 aliphatic carbocycles. The molecule has 0 aromatic rings. The van der Waals surface area contributed by atoms with Crippen molar-refractivity contribution in [2.75, 3.05) is 14.1 Å².